The molecule has 1 atom stereocenters. The summed E-state index contributed by atoms with van der Waals surface area (Å²) in [6.45, 7) is 4.02. The van der Waals surface area contributed by atoms with E-state index in [0.717, 1.165) is 6.42 Å². The quantitative estimate of drug-likeness (QED) is 0.774. The zero-order valence-corrected chi connectivity index (χ0v) is 12.8. The van der Waals surface area contributed by atoms with Gasteiger partial charge in [-0.3, -0.25) is 4.79 Å². The van der Waals surface area contributed by atoms with E-state index in [9.17, 15) is 18.4 Å². The molecule has 0 radical (unpaired) electrons. The average molecular weight is 319 g/mol. The van der Waals surface area contributed by atoms with E-state index < -0.39 is 30.8 Å². The predicted octanol–water partition coefficient (Wildman–Crippen LogP) is 2.91. The first-order chi connectivity index (χ1) is 9.79. The molecule has 0 bridgehead atoms. The van der Waals surface area contributed by atoms with Gasteiger partial charge in [0.25, 0.3) is 0 Å². The summed E-state index contributed by atoms with van der Waals surface area (Å²) >= 11 is 1.69. The number of carboxylic acid groups (broad SMARTS) is 1. The van der Waals surface area contributed by atoms with Crippen molar-refractivity contribution in [3.05, 3.63) is 21.4 Å². The molecule has 118 valence electrons. The third-order valence-electron chi connectivity index (χ3n) is 3.04. The van der Waals surface area contributed by atoms with Crippen LogP contribution in [0.15, 0.2) is 6.07 Å². The van der Waals surface area contributed by atoms with Gasteiger partial charge in [0.15, 0.2) is 0 Å². The summed E-state index contributed by atoms with van der Waals surface area (Å²) in [6, 6.07) is 0.539. The van der Waals surface area contributed by atoms with E-state index in [1.54, 1.807) is 11.3 Å². The van der Waals surface area contributed by atoms with Crippen LogP contribution in [-0.2, 0) is 16.0 Å². The van der Waals surface area contributed by atoms with Gasteiger partial charge in [0.2, 0.25) is 12.3 Å². The number of aryl methyl sites for hydroxylation is 3. The molecule has 0 saturated carbocycles. The van der Waals surface area contributed by atoms with Crippen LogP contribution in [0.5, 0.6) is 0 Å². The van der Waals surface area contributed by atoms with Crippen LogP contribution in [0.1, 0.15) is 34.6 Å². The maximum absolute atomic E-state index is 12.2. The number of carbonyl (C=O) groups excluding carboxylic acids is 1. The summed E-state index contributed by atoms with van der Waals surface area (Å²) < 4.78 is 24.4. The number of alkyl halides is 2. The standard InChI is InChI=1S/C14H19F2NO3S/c1-8-6-10(9(2)21-8)4-3-5-13(18)17-11(14(19)20)7-12(15)16/h6,11-12H,3-5,7H2,1-2H3,(H,17,18)(H,19,20). The number of hydrogen-bond acceptors (Lipinski definition) is 3. The molecule has 0 saturated heterocycles. The molecule has 1 heterocycles. The molecule has 21 heavy (non-hydrogen) atoms. The van der Waals surface area contributed by atoms with Crippen molar-refractivity contribution < 1.29 is 23.5 Å². The monoisotopic (exact) mass is 319 g/mol. The van der Waals surface area contributed by atoms with Crippen LogP contribution in [0.3, 0.4) is 0 Å². The van der Waals surface area contributed by atoms with Crippen LogP contribution in [-0.4, -0.2) is 29.5 Å². The van der Waals surface area contributed by atoms with Crippen molar-refractivity contribution in [2.24, 2.45) is 0 Å². The van der Waals surface area contributed by atoms with Crippen LogP contribution >= 0.6 is 11.3 Å². The van der Waals surface area contributed by atoms with Gasteiger partial charge < -0.3 is 10.4 Å². The Morgan fingerprint density at radius 1 is 1.38 bits per heavy atom. The van der Waals surface area contributed by atoms with E-state index in [-0.39, 0.29) is 6.42 Å². The van der Waals surface area contributed by atoms with E-state index >= 15 is 0 Å². The minimum absolute atomic E-state index is 0.126. The smallest absolute Gasteiger partial charge is 0.326 e. The van der Waals surface area contributed by atoms with Crippen molar-refractivity contribution in [2.45, 2.75) is 52.0 Å². The van der Waals surface area contributed by atoms with Crippen LogP contribution in [0, 0.1) is 13.8 Å². The fourth-order valence-corrected chi connectivity index (χ4v) is 3.01. The van der Waals surface area contributed by atoms with Gasteiger partial charge in [0, 0.05) is 22.6 Å². The molecule has 0 fully saturated rings. The lowest BCUT2D eigenvalue weighted by Gasteiger charge is -2.13. The molecule has 0 aliphatic heterocycles. The Hall–Kier alpha value is -1.50. The fourth-order valence-electron chi connectivity index (χ4n) is 2.04. The highest BCUT2D eigenvalue weighted by Gasteiger charge is 2.23. The SMILES string of the molecule is Cc1cc(CCCC(=O)NC(CC(F)F)C(=O)O)c(C)s1. The highest BCUT2D eigenvalue weighted by atomic mass is 32.1. The molecule has 0 aromatic carbocycles. The highest BCUT2D eigenvalue weighted by Crippen LogP contribution is 2.22. The Morgan fingerprint density at radius 3 is 2.52 bits per heavy atom. The lowest BCUT2D eigenvalue weighted by atomic mass is 10.1. The summed E-state index contributed by atoms with van der Waals surface area (Å²) in [6.07, 6.45) is -2.23. The number of nitrogens with one attached hydrogen (secondary N) is 1. The summed E-state index contributed by atoms with van der Waals surface area (Å²) in [5, 5.41) is 10.9. The zero-order valence-electron chi connectivity index (χ0n) is 12.0. The van der Waals surface area contributed by atoms with Crippen LogP contribution in [0.4, 0.5) is 8.78 Å². The second-order valence-electron chi connectivity index (χ2n) is 4.88. The van der Waals surface area contributed by atoms with Gasteiger partial charge in [-0.25, -0.2) is 13.6 Å². The van der Waals surface area contributed by atoms with Crippen LogP contribution < -0.4 is 5.32 Å². The van der Waals surface area contributed by atoms with Crippen molar-refractivity contribution in [1.82, 2.24) is 5.32 Å². The molecule has 4 nitrogen and oxygen atoms in total. The average Bonchev–Trinajstić information content (AvgIpc) is 2.66. The third kappa shape index (κ3) is 6.20. The number of amides is 1. The maximum Gasteiger partial charge on any atom is 0.326 e. The third-order valence-corrected chi connectivity index (χ3v) is 4.05. The minimum Gasteiger partial charge on any atom is -0.480 e. The summed E-state index contributed by atoms with van der Waals surface area (Å²) in [5.74, 6) is -1.94. The molecule has 1 aromatic heterocycles. The first-order valence-electron chi connectivity index (χ1n) is 6.65. The first-order valence-corrected chi connectivity index (χ1v) is 7.47. The molecule has 2 N–H and O–H groups in total. The number of hydrogen-bond donors (Lipinski definition) is 2. The maximum atomic E-state index is 12.2. The lowest BCUT2D eigenvalue weighted by Crippen LogP contribution is -2.41. The molecule has 1 rings (SSSR count). The van der Waals surface area contributed by atoms with Gasteiger partial charge in [0.1, 0.15) is 6.04 Å². The van der Waals surface area contributed by atoms with Gasteiger partial charge in [-0.2, -0.15) is 0 Å². The van der Waals surface area contributed by atoms with Gasteiger partial charge in [0.05, 0.1) is 0 Å². The number of aliphatic carboxylic acids is 1. The van der Waals surface area contributed by atoms with E-state index in [2.05, 4.69) is 11.4 Å². The van der Waals surface area contributed by atoms with Gasteiger partial charge in [-0.05, 0) is 38.3 Å². The fraction of sp³-hybridized carbons (Fsp3) is 0.571. The Kier molecular flexibility index (Phi) is 6.74. The molecule has 0 aliphatic carbocycles. The largest absolute Gasteiger partial charge is 0.480 e. The van der Waals surface area contributed by atoms with Crippen LogP contribution in [0.25, 0.3) is 0 Å². The number of carbonyl (C=O) groups is 2. The normalized spacial score (nSPS) is 12.4. The molecular formula is C14H19F2NO3S. The number of rotatable bonds is 8. The van der Waals surface area contributed by atoms with Crippen molar-refractivity contribution >= 4 is 23.2 Å². The minimum atomic E-state index is -2.76. The van der Waals surface area contributed by atoms with Crippen molar-refractivity contribution in [2.75, 3.05) is 0 Å². The number of halogens is 2. The van der Waals surface area contributed by atoms with Gasteiger partial charge >= 0.3 is 5.97 Å². The second-order valence-corrected chi connectivity index (χ2v) is 6.34. The van der Waals surface area contributed by atoms with E-state index in [4.69, 9.17) is 5.11 Å². The molecule has 0 aliphatic rings. The van der Waals surface area contributed by atoms with E-state index in [0.29, 0.717) is 6.42 Å². The number of thiophene rings is 1. The Labute approximate surface area is 126 Å². The molecule has 0 spiro atoms. The summed E-state index contributed by atoms with van der Waals surface area (Å²) in [5.41, 5.74) is 1.17. The van der Waals surface area contributed by atoms with Crippen LogP contribution in [0.2, 0.25) is 0 Å². The van der Waals surface area contributed by atoms with Gasteiger partial charge in [-0.15, -0.1) is 11.3 Å². The van der Waals surface area contributed by atoms with Crippen molar-refractivity contribution in [1.29, 1.82) is 0 Å². The summed E-state index contributed by atoms with van der Waals surface area (Å²) in [4.78, 5) is 24.8. The van der Waals surface area contributed by atoms with E-state index in [1.165, 1.54) is 15.3 Å². The molecule has 1 amide bonds. The summed E-state index contributed by atoms with van der Waals surface area (Å²) in [7, 11) is 0. The highest BCUT2D eigenvalue weighted by molar-refractivity contribution is 7.12. The topological polar surface area (TPSA) is 66.4 Å². The Bertz CT molecular complexity index is 502. The Balaban J connectivity index is 2.39. The van der Waals surface area contributed by atoms with Crippen molar-refractivity contribution in [3.8, 4) is 0 Å². The van der Waals surface area contributed by atoms with Crippen molar-refractivity contribution in [3.63, 3.8) is 0 Å². The predicted molar refractivity (Wildman–Crippen MR) is 76.9 cm³/mol. The van der Waals surface area contributed by atoms with E-state index in [1.807, 2.05) is 13.8 Å². The number of carboxylic acids is 1. The van der Waals surface area contributed by atoms with Gasteiger partial charge in [-0.1, -0.05) is 0 Å². The Morgan fingerprint density at radius 2 is 2.05 bits per heavy atom. The first kappa shape index (κ1) is 17.6. The second kappa shape index (κ2) is 8.07. The molecule has 1 unspecified atom stereocenters. The lowest BCUT2D eigenvalue weighted by molar-refractivity contribution is -0.143. The molecule has 7 heteroatoms. The molecule has 1 aromatic rings. The molecular weight excluding hydrogens is 300 g/mol. The zero-order chi connectivity index (χ0) is 16.0.